The van der Waals surface area contributed by atoms with E-state index in [1.54, 1.807) is 19.2 Å². The van der Waals surface area contributed by atoms with Crippen molar-refractivity contribution >= 4 is 5.71 Å². The molecule has 0 saturated heterocycles. The number of hydrogen-bond donors (Lipinski definition) is 1. The summed E-state index contributed by atoms with van der Waals surface area (Å²) in [5.74, 6) is -0.803. The van der Waals surface area contributed by atoms with E-state index >= 15 is 0 Å². The van der Waals surface area contributed by atoms with Crippen LogP contribution in [0.3, 0.4) is 0 Å². The normalized spacial score (nSPS) is 27.3. The zero-order valence-corrected chi connectivity index (χ0v) is 14.7. The van der Waals surface area contributed by atoms with Crippen molar-refractivity contribution in [3.63, 3.8) is 0 Å². The average molecular weight is 345 g/mol. The summed E-state index contributed by atoms with van der Waals surface area (Å²) in [4.78, 5) is 2.10. The van der Waals surface area contributed by atoms with Gasteiger partial charge in [0.2, 0.25) is 0 Å². The zero-order chi connectivity index (χ0) is 18.9. The van der Waals surface area contributed by atoms with E-state index in [-0.39, 0.29) is 11.6 Å². The first-order valence-electron chi connectivity index (χ1n) is 8.35. The number of nitriles is 3. The monoisotopic (exact) mass is 345 g/mol. The van der Waals surface area contributed by atoms with Crippen molar-refractivity contribution in [3.8, 4) is 24.0 Å². The lowest BCUT2D eigenvalue weighted by molar-refractivity contribution is 0.235. The van der Waals surface area contributed by atoms with E-state index in [9.17, 15) is 15.8 Å². The minimum absolute atomic E-state index is 0.113. The van der Waals surface area contributed by atoms with Crippen molar-refractivity contribution in [1.29, 1.82) is 21.2 Å². The molecule has 6 nitrogen and oxygen atoms in total. The maximum atomic E-state index is 9.93. The van der Waals surface area contributed by atoms with Gasteiger partial charge in [0.1, 0.15) is 11.7 Å². The van der Waals surface area contributed by atoms with Crippen molar-refractivity contribution in [3.05, 3.63) is 41.5 Å². The third-order valence-electron chi connectivity index (χ3n) is 5.45. The molecule has 3 rings (SSSR count). The van der Waals surface area contributed by atoms with Crippen LogP contribution in [0.15, 0.2) is 35.9 Å². The van der Waals surface area contributed by atoms with Crippen LogP contribution in [-0.2, 0) is 0 Å². The standard InChI is InChI=1S/C20H19N5O/c1-25-8-7-15-16(9-21)19(24)20(11-22,12-23)18(17(15)10-25)13-3-5-14(26-2)6-4-13/h3-7,16-18,24H,8,10H2,1-2H3/t16?,17-,18-/m0/s1. The van der Waals surface area contributed by atoms with Gasteiger partial charge in [-0.15, -0.1) is 0 Å². The van der Waals surface area contributed by atoms with Gasteiger partial charge in [-0.25, -0.2) is 0 Å². The summed E-state index contributed by atoms with van der Waals surface area (Å²) < 4.78 is 5.21. The lowest BCUT2D eigenvalue weighted by Crippen LogP contribution is -2.52. The van der Waals surface area contributed by atoms with Gasteiger partial charge in [-0.2, -0.15) is 15.8 Å². The van der Waals surface area contributed by atoms with Crippen LogP contribution in [0.4, 0.5) is 0 Å². The van der Waals surface area contributed by atoms with Crippen molar-refractivity contribution in [1.82, 2.24) is 4.90 Å². The molecule has 0 bridgehead atoms. The highest BCUT2D eigenvalue weighted by Crippen LogP contribution is 2.53. The molecule has 1 unspecified atom stereocenters. The number of benzene rings is 1. The highest BCUT2D eigenvalue weighted by atomic mass is 16.5. The van der Waals surface area contributed by atoms with E-state index in [1.807, 2.05) is 25.3 Å². The van der Waals surface area contributed by atoms with Crippen LogP contribution in [-0.4, -0.2) is 37.9 Å². The second-order valence-corrected chi connectivity index (χ2v) is 6.79. The second kappa shape index (κ2) is 6.64. The van der Waals surface area contributed by atoms with Gasteiger partial charge in [-0.1, -0.05) is 18.2 Å². The number of nitrogens with zero attached hydrogens (tertiary/aromatic N) is 4. The number of nitrogens with one attached hydrogen (secondary N) is 1. The molecular weight excluding hydrogens is 326 g/mol. The van der Waals surface area contributed by atoms with Gasteiger partial charge in [-0.3, -0.25) is 0 Å². The van der Waals surface area contributed by atoms with Crippen molar-refractivity contribution < 1.29 is 4.74 Å². The first-order valence-corrected chi connectivity index (χ1v) is 8.35. The van der Waals surface area contributed by atoms with E-state index in [0.717, 1.165) is 11.1 Å². The fourth-order valence-electron chi connectivity index (χ4n) is 4.14. The third kappa shape index (κ3) is 2.46. The largest absolute Gasteiger partial charge is 0.497 e. The Balaban J connectivity index is 2.22. The van der Waals surface area contributed by atoms with Crippen molar-refractivity contribution in [2.45, 2.75) is 5.92 Å². The predicted molar refractivity (Wildman–Crippen MR) is 95.3 cm³/mol. The zero-order valence-electron chi connectivity index (χ0n) is 14.7. The molecule has 6 heteroatoms. The van der Waals surface area contributed by atoms with E-state index < -0.39 is 17.3 Å². The van der Waals surface area contributed by atoms with Crippen molar-refractivity contribution in [2.75, 3.05) is 27.2 Å². The Bertz CT molecular complexity index is 867. The molecule has 2 aliphatic rings. The fraction of sp³-hybridized carbons (Fsp3) is 0.400. The maximum Gasteiger partial charge on any atom is 0.189 e. The molecule has 0 radical (unpaired) electrons. The van der Waals surface area contributed by atoms with E-state index in [2.05, 4.69) is 23.1 Å². The Hall–Kier alpha value is -3.14. The Morgan fingerprint density at radius 2 is 1.85 bits per heavy atom. The molecule has 3 atom stereocenters. The minimum Gasteiger partial charge on any atom is -0.497 e. The lowest BCUT2D eigenvalue weighted by Gasteiger charge is -2.47. The first kappa shape index (κ1) is 17.7. The molecular formula is C20H19N5O. The van der Waals surface area contributed by atoms with E-state index in [4.69, 9.17) is 10.1 Å². The Morgan fingerprint density at radius 1 is 1.19 bits per heavy atom. The van der Waals surface area contributed by atoms with Crippen LogP contribution in [0, 0.1) is 56.7 Å². The molecule has 1 fully saturated rings. The molecule has 1 heterocycles. The number of hydrogen-bond acceptors (Lipinski definition) is 6. The fourth-order valence-corrected chi connectivity index (χ4v) is 4.14. The summed E-state index contributed by atoms with van der Waals surface area (Å²) in [6.45, 7) is 1.33. The SMILES string of the molecule is COc1ccc([C@H]2[C@H]3CN(C)CC=C3C(C#N)C(=N)C2(C#N)C#N)cc1. The summed E-state index contributed by atoms with van der Waals surface area (Å²) in [5.41, 5.74) is -0.105. The van der Waals surface area contributed by atoms with Gasteiger partial charge >= 0.3 is 0 Å². The number of likely N-dealkylation sites (N-methyl/N-ethyl adjacent to an activating group) is 1. The highest BCUT2D eigenvalue weighted by molar-refractivity contribution is 6.00. The van der Waals surface area contributed by atoms with Gasteiger partial charge in [0.25, 0.3) is 0 Å². The molecule has 1 aromatic rings. The lowest BCUT2D eigenvalue weighted by atomic mass is 9.54. The molecule has 1 saturated carbocycles. The van der Waals surface area contributed by atoms with Crippen LogP contribution in [0.1, 0.15) is 11.5 Å². The molecule has 0 aromatic heterocycles. The maximum absolute atomic E-state index is 9.93. The van der Waals surface area contributed by atoms with Crippen LogP contribution in [0.5, 0.6) is 5.75 Å². The summed E-state index contributed by atoms with van der Waals surface area (Å²) in [6, 6.07) is 13.6. The molecule has 0 amide bonds. The molecule has 1 N–H and O–H groups in total. The number of fused-ring (bicyclic) bond motifs is 1. The van der Waals surface area contributed by atoms with Crippen LogP contribution in [0.2, 0.25) is 0 Å². The van der Waals surface area contributed by atoms with Gasteiger partial charge in [0.15, 0.2) is 5.41 Å². The number of methoxy groups -OCH3 is 1. The van der Waals surface area contributed by atoms with Gasteiger partial charge < -0.3 is 15.0 Å². The molecule has 1 aromatic carbocycles. The Morgan fingerprint density at radius 3 is 2.38 bits per heavy atom. The Labute approximate surface area is 153 Å². The summed E-state index contributed by atoms with van der Waals surface area (Å²) in [6.07, 6.45) is 1.98. The second-order valence-electron chi connectivity index (χ2n) is 6.79. The van der Waals surface area contributed by atoms with Gasteiger partial charge in [0.05, 0.1) is 31.0 Å². The highest BCUT2D eigenvalue weighted by Gasteiger charge is 2.57. The predicted octanol–water partition coefficient (Wildman–Crippen LogP) is 2.47. The van der Waals surface area contributed by atoms with Crippen LogP contribution in [0.25, 0.3) is 0 Å². The molecule has 130 valence electrons. The van der Waals surface area contributed by atoms with Crippen LogP contribution >= 0.6 is 0 Å². The molecule has 26 heavy (non-hydrogen) atoms. The summed E-state index contributed by atoms with van der Waals surface area (Å²) >= 11 is 0. The van der Waals surface area contributed by atoms with Gasteiger partial charge in [-0.05, 0) is 30.3 Å². The first-order chi connectivity index (χ1) is 12.5. The molecule has 1 aliphatic carbocycles. The number of ether oxygens (including phenoxy) is 1. The molecule has 0 spiro atoms. The van der Waals surface area contributed by atoms with Crippen molar-refractivity contribution in [2.24, 2.45) is 17.3 Å². The van der Waals surface area contributed by atoms with E-state index in [0.29, 0.717) is 18.8 Å². The number of rotatable bonds is 2. The minimum atomic E-state index is -1.66. The van der Waals surface area contributed by atoms with Crippen LogP contribution < -0.4 is 4.74 Å². The summed E-state index contributed by atoms with van der Waals surface area (Å²) in [7, 11) is 3.55. The quantitative estimate of drug-likeness (QED) is 0.828. The Kier molecular flexibility index (Phi) is 4.51. The van der Waals surface area contributed by atoms with E-state index in [1.165, 1.54) is 0 Å². The average Bonchev–Trinajstić information content (AvgIpc) is 2.67. The topological polar surface area (TPSA) is 108 Å². The van der Waals surface area contributed by atoms with Gasteiger partial charge in [0, 0.05) is 24.9 Å². The third-order valence-corrected chi connectivity index (χ3v) is 5.45. The summed E-state index contributed by atoms with van der Waals surface area (Å²) in [5, 5.41) is 38.0. The smallest absolute Gasteiger partial charge is 0.189 e. The molecule has 1 aliphatic heterocycles.